The van der Waals surface area contributed by atoms with E-state index >= 15 is 0 Å². The Morgan fingerprint density at radius 2 is 1.46 bits per heavy atom. The van der Waals surface area contributed by atoms with Crippen LogP contribution in [0, 0.1) is 23.2 Å². The van der Waals surface area contributed by atoms with E-state index in [1.54, 1.807) is 38.1 Å². The van der Waals surface area contributed by atoms with Gasteiger partial charge in [0.1, 0.15) is 30.0 Å². The first kappa shape index (κ1) is 66.8. The molecule has 0 aliphatic carbocycles. The molecular formula is C58H87ClN6O15. The smallest absolute Gasteiger partial charge is 0.347 e. The number of ether oxygens (including phenoxy) is 8. The number of benzene rings is 2. The first-order valence-electron chi connectivity index (χ1n) is 27.8. The molecule has 5 amide bonds. The number of epoxide rings is 1. The van der Waals surface area contributed by atoms with E-state index in [0.717, 1.165) is 24.0 Å². The summed E-state index contributed by atoms with van der Waals surface area (Å²) in [6.07, 6.45) is 3.20. The van der Waals surface area contributed by atoms with Crippen LogP contribution in [0.5, 0.6) is 5.75 Å². The van der Waals surface area contributed by atoms with E-state index < -0.39 is 77.2 Å². The Labute approximate surface area is 476 Å². The highest BCUT2D eigenvalue weighted by Gasteiger charge is 2.48. The van der Waals surface area contributed by atoms with Crippen molar-refractivity contribution in [1.82, 2.24) is 21.3 Å². The van der Waals surface area contributed by atoms with Crippen molar-refractivity contribution < 1.29 is 71.5 Å². The molecule has 0 aromatic heterocycles. The average molecular weight is 1140 g/mol. The zero-order chi connectivity index (χ0) is 58.8. The number of rotatable bonds is 32. The summed E-state index contributed by atoms with van der Waals surface area (Å²) in [6, 6.07) is 10.0. The van der Waals surface area contributed by atoms with Gasteiger partial charge in [0.25, 0.3) is 0 Å². The third-order valence-electron chi connectivity index (χ3n) is 13.6. The van der Waals surface area contributed by atoms with Crippen LogP contribution in [-0.4, -0.2) is 144 Å². The molecular weight excluding hydrogens is 1060 g/mol. The Morgan fingerprint density at radius 3 is 2.08 bits per heavy atom. The molecule has 1 fully saturated rings. The third kappa shape index (κ3) is 23.8. The lowest BCUT2D eigenvalue weighted by atomic mass is 9.92. The Balaban J connectivity index is 1.34. The SMILES string of the molecule is COc1ccc(C[C@H]2NC(=O)/C=C\C[C@@H]([C@H](C)[C@H]3O[C@@H]3c3ccc(CNC(=O)[C@H](CCCCCOCCOCCOCCOCCC(N)=O)NC(=O)[C@@H](N)C(C)C)cc3)OC(=O)[C@H](CC(C)C)OC(=O)C(C)(C)CNC2=O)cc1Cl. The summed E-state index contributed by atoms with van der Waals surface area (Å²) >= 11 is 6.39. The number of nitrogens with one attached hydrogen (secondary N) is 4. The fraction of sp³-hybridized carbons (Fsp3) is 0.638. The molecule has 8 atom stereocenters. The molecule has 2 aromatic rings. The van der Waals surface area contributed by atoms with Gasteiger partial charge in [-0.3, -0.25) is 28.8 Å². The zero-order valence-corrected chi connectivity index (χ0v) is 48.6. The Morgan fingerprint density at radius 1 is 0.825 bits per heavy atom. The van der Waals surface area contributed by atoms with Gasteiger partial charge in [-0.25, -0.2) is 4.79 Å². The number of carbonyl (C=O) groups excluding carboxylic acids is 7. The third-order valence-corrected chi connectivity index (χ3v) is 13.9. The fourth-order valence-corrected chi connectivity index (χ4v) is 8.74. The first-order valence-corrected chi connectivity index (χ1v) is 28.1. The maximum absolute atomic E-state index is 14.0. The molecule has 0 bridgehead atoms. The van der Waals surface area contributed by atoms with Crippen molar-refractivity contribution in [2.45, 2.75) is 149 Å². The average Bonchev–Trinajstić information content (AvgIpc) is 4.27. The van der Waals surface area contributed by atoms with Gasteiger partial charge in [0.15, 0.2) is 6.10 Å². The zero-order valence-electron chi connectivity index (χ0n) is 47.9. The molecule has 446 valence electrons. The van der Waals surface area contributed by atoms with E-state index in [1.807, 2.05) is 58.9 Å². The number of hydrogen-bond donors (Lipinski definition) is 6. The van der Waals surface area contributed by atoms with Gasteiger partial charge in [0.2, 0.25) is 29.5 Å². The van der Waals surface area contributed by atoms with Crippen molar-refractivity contribution >= 4 is 53.1 Å². The number of primary amides is 1. The predicted molar refractivity (Wildman–Crippen MR) is 299 cm³/mol. The summed E-state index contributed by atoms with van der Waals surface area (Å²) in [6.45, 7) is 15.8. The number of esters is 2. The molecule has 0 saturated carbocycles. The van der Waals surface area contributed by atoms with Gasteiger partial charge >= 0.3 is 11.9 Å². The normalized spacial score (nSPS) is 21.3. The van der Waals surface area contributed by atoms with E-state index in [9.17, 15) is 33.6 Å². The quantitative estimate of drug-likeness (QED) is 0.0328. The molecule has 22 heteroatoms. The van der Waals surface area contributed by atoms with Crippen LogP contribution in [-0.2, 0) is 79.7 Å². The molecule has 4 rings (SSSR count). The van der Waals surface area contributed by atoms with Gasteiger partial charge in [0, 0.05) is 44.9 Å². The topological polar surface area (TPSA) is 297 Å². The monoisotopic (exact) mass is 1140 g/mol. The molecule has 8 N–H and O–H groups in total. The lowest BCUT2D eigenvalue weighted by Crippen LogP contribution is -2.52. The fourth-order valence-electron chi connectivity index (χ4n) is 8.46. The van der Waals surface area contributed by atoms with Crippen molar-refractivity contribution in [2.24, 2.45) is 34.6 Å². The van der Waals surface area contributed by atoms with E-state index in [0.29, 0.717) is 75.4 Å². The minimum Gasteiger partial charge on any atom is -0.495 e. The maximum Gasteiger partial charge on any atom is 0.347 e. The lowest BCUT2D eigenvalue weighted by Gasteiger charge is -2.29. The Kier molecular flexibility index (Phi) is 28.9. The molecule has 0 unspecified atom stereocenters. The number of carbonyl (C=O) groups is 7. The molecule has 0 spiro atoms. The number of hydrogen-bond acceptors (Lipinski definition) is 16. The molecule has 0 radical (unpaired) electrons. The summed E-state index contributed by atoms with van der Waals surface area (Å²) in [5, 5.41) is 11.7. The van der Waals surface area contributed by atoms with Crippen LogP contribution in [0.25, 0.3) is 0 Å². The highest BCUT2D eigenvalue weighted by Crippen LogP contribution is 2.45. The van der Waals surface area contributed by atoms with Crippen LogP contribution in [0.3, 0.4) is 0 Å². The first-order chi connectivity index (χ1) is 38.1. The van der Waals surface area contributed by atoms with Crippen LogP contribution in [0.2, 0.25) is 5.02 Å². The van der Waals surface area contributed by atoms with Crippen LogP contribution >= 0.6 is 11.6 Å². The second-order valence-electron chi connectivity index (χ2n) is 21.7. The molecule has 2 aromatic carbocycles. The minimum atomic E-state index is -1.27. The van der Waals surface area contributed by atoms with Gasteiger partial charge in [-0.15, -0.1) is 0 Å². The van der Waals surface area contributed by atoms with E-state index in [1.165, 1.54) is 13.2 Å². The summed E-state index contributed by atoms with van der Waals surface area (Å²) in [7, 11) is 1.49. The summed E-state index contributed by atoms with van der Waals surface area (Å²) in [5.74, 6) is -3.81. The molecule has 2 aliphatic rings. The van der Waals surface area contributed by atoms with Crippen LogP contribution < -0.4 is 37.5 Å². The number of amides is 5. The largest absolute Gasteiger partial charge is 0.495 e. The number of cyclic esters (lactones) is 2. The van der Waals surface area contributed by atoms with Crippen molar-refractivity contribution in [2.75, 3.05) is 66.5 Å². The van der Waals surface area contributed by atoms with E-state index in [-0.39, 0.29) is 75.3 Å². The van der Waals surface area contributed by atoms with Gasteiger partial charge < -0.3 is 70.6 Å². The second kappa shape index (κ2) is 34.6. The molecule has 1 saturated heterocycles. The maximum atomic E-state index is 14.0. The van der Waals surface area contributed by atoms with Crippen molar-refractivity contribution in [3.63, 3.8) is 0 Å². The Hall–Kier alpha value is -5.68. The van der Waals surface area contributed by atoms with Crippen LogP contribution in [0.4, 0.5) is 0 Å². The van der Waals surface area contributed by atoms with Gasteiger partial charge in [-0.2, -0.15) is 0 Å². The molecule has 80 heavy (non-hydrogen) atoms. The van der Waals surface area contributed by atoms with Crippen LogP contribution in [0.1, 0.15) is 116 Å². The number of halogens is 1. The second-order valence-corrected chi connectivity index (χ2v) is 22.1. The summed E-state index contributed by atoms with van der Waals surface area (Å²) < 4.78 is 45.4. The standard InChI is InChI=1S/C58H87ClN6O15/c1-36(2)31-47-56(71)78-45(14-12-15-49(67)64-44(33-40-18-21-46(73-8)42(59)32-40)54(69)63-35-58(6,7)57(72)79-47)38(5)51-52(80-51)41-19-16-39(17-20-41)34-62-53(68)43(65-55(70)50(61)37(3)4)13-10-9-11-23-74-25-27-76-29-30-77-28-26-75-24-22-48(60)66/h12,15-21,32,36-38,43-45,47,50-52H,9-11,13-14,22-31,33-35,61H2,1-8H3,(H2,60,66)(H,62,68)(H,63,69)(H,64,67)(H,65,70)/b15-12-/t38-,43-,44+,45-,47-,50-,51+,52+/m0/s1. The highest BCUT2D eigenvalue weighted by atomic mass is 35.5. The Bertz CT molecular complexity index is 2330. The van der Waals surface area contributed by atoms with Crippen molar-refractivity contribution in [1.29, 1.82) is 0 Å². The van der Waals surface area contributed by atoms with Gasteiger partial charge in [-0.1, -0.05) is 95.5 Å². The summed E-state index contributed by atoms with van der Waals surface area (Å²) in [5.41, 5.74) is 12.3. The van der Waals surface area contributed by atoms with Crippen molar-refractivity contribution in [3.8, 4) is 5.75 Å². The van der Waals surface area contributed by atoms with E-state index in [4.69, 9.17) is 61.0 Å². The van der Waals surface area contributed by atoms with Gasteiger partial charge in [-0.05, 0) is 79.8 Å². The highest BCUT2D eigenvalue weighted by molar-refractivity contribution is 6.32. The molecule has 2 heterocycles. The molecule has 2 aliphatic heterocycles. The minimum absolute atomic E-state index is 0.0521. The lowest BCUT2D eigenvalue weighted by molar-refractivity contribution is -0.179. The van der Waals surface area contributed by atoms with E-state index in [2.05, 4.69) is 21.3 Å². The molecule has 21 nitrogen and oxygen atoms in total. The summed E-state index contributed by atoms with van der Waals surface area (Å²) in [4.78, 5) is 92.2. The van der Waals surface area contributed by atoms with Gasteiger partial charge in [0.05, 0.1) is 75.9 Å². The predicted octanol–water partition coefficient (Wildman–Crippen LogP) is 4.71. The van der Waals surface area contributed by atoms with Crippen LogP contribution in [0.15, 0.2) is 54.6 Å². The number of nitrogens with two attached hydrogens (primary N) is 2. The number of methoxy groups -OCH3 is 1. The number of unbranched alkanes of at least 4 members (excludes halogenated alkanes) is 2. The van der Waals surface area contributed by atoms with Crippen molar-refractivity contribution in [3.05, 3.63) is 76.3 Å².